The van der Waals surface area contributed by atoms with Crippen LogP contribution < -0.4 is 10.6 Å². The van der Waals surface area contributed by atoms with Gasteiger partial charge in [0.15, 0.2) is 5.13 Å². The third-order valence-corrected chi connectivity index (χ3v) is 6.51. The molecule has 2 saturated heterocycles. The summed E-state index contributed by atoms with van der Waals surface area (Å²) in [4.78, 5) is 10.4. The van der Waals surface area contributed by atoms with Crippen LogP contribution in [0.15, 0.2) is 0 Å². The van der Waals surface area contributed by atoms with Gasteiger partial charge in [-0.15, -0.1) is 0 Å². The molecule has 0 saturated carbocycles. The molecule has 0 amide bonds. The minimum atomic E-state index is -0.678. The third kappa shape index (κ3) is 1.81. The molecule has 1 spiro atoms. The van der Waals surface area contributed by atoms with Gasteiger partial charge in [0.1, 0.15) is 6.17 Å². The van der Waals surface area contributed by atoms with Crippen molar-refractivity contribution in [3.8, 4) is 0 Å². The van der Waals surface area contributed by atoms with E-state index in [0.717, 1.165) is 24.6 Å². The maximum Gasteiger partial charge on any atom is 0.186 e. The molecule has 110 valence electrons. The van der Waals surface area contributed by atoms with Crippen LogP contribution in [0.1, 0.15) is 29.5 Å². The number of nitrogens with two attached hydrogens (primary N) is 1. The normalized spacial score (nSPS) is 29.8. The lowest BCUT2D eigenvalue weighted by atomic mass is 9.74. The Morgan fingerprint density at radius 1 is 1.35 bits per heavy atom. The molecule has 20 heavy (non-hydrogen) atoms. The summed E-state index contributed by atoms with van der Waals surface area (Å²) in [6, 6.07) is 0.125. The summed E-state index contributed by atoms with van der Waals surface area (Å²) in [5.41, 5.74) is 7.98. The number of thiazole rings is 1. The lowest BCUT2D eigenvalue weighted by Crippen LogP contribution is -2.48. The van der Waals surface area contributed by atoms with Crippen LogP contribution in [0.2, 0.25) is 0 Å². The molecule has 2 N–H and O–H groups in total. The van der Waals surface area contributed by atoms with Crippen molar-refractivity contribution in [3.05, 3.63) is 10.6 Å². The zero-order valence-electron chi connectivity index (χ0n) is 11.8. The minimum Gasteiger partial charge on any atom is -0.342 e. The van der Waals surface area contributed by atoms with Crippen molar-refractivity contribution in [1.29, 1.82) is 0 Å². The Labute approximate surface area is 122 Å². The van der Waals surface area contributed by atoms with Gasteiger partial charge in [0.25, 0.3) is 0 Å². The first-order valence-electron chi connectivity index (χ1n) is 7.40. The van der Waals surface area contributed by atoms with Crippen LogP contribution in [0, 0.1) is 5.41 Å². The van der Waals surface area contributed by atoms with E-state index in [4.69, 9.17) is 10.7 Å². The van der Waals surface area contributed by atoms with E-state index in [0.29, 0.717) is 13.1 Å². The van der Waals surface area contributed by atoms with Gasteiger partial charge in [-0.25, -0.2) is 9.37 Å². The lowest BCUT2D eigenvalue weighted by molar-refractivity contribution is 0.106. The molecule has 6 heteroatoms. The van der Waals surface area contributed by atoms with Crippen LogP contribution in [0.25, 0.3) is 0 Å². The number of likely N-dealkylation sites (tertiary alicyclic amines) is 1. The van der Waals surface area contributed by atoms with Crippen LogP contribution in [-0.2, 0) is 6.42 Å². The first kappa shape index (κ1) is 13.0. The second kappa shape index (κ2) is 4.39. The molecule has 3 heterocycles. The van der Waals surface area contributed by atoms with Gasteiger partial charge in [-0.05, 0) is 44.8 Å². The standard InChI is InChI=1S/C14H21FN4S/c1-18-4-2-14(3-5-18)6-10-11(12(14)16)20-13(17-10)19-7-9(15)8-19/h9,12H,2-8,16H2,1H3/t12-/m1/s1. The van der Waals surface area contributed by atoms with Crippen molar-refractivity contribution in [2.75, 3.05) is 38.1 Å². The molecule has 1 aromatic rings. The molecule has 4 rings (SSSR count). The number of rotatable bonds is 1. The number of nitrogens with zero attached hydrogens (tertiary/aromatic N) is 3. The zero-order chi connectivity index (χ0) is 13.9. The van der Waals surface area contributed by atoms with Crippen LogP contribution in [0.5, 0.6) is 0 Å². The maximum atomic E-state index is 13.0. The second-order valence-corrected chi connectivity index (χ2v) is 7.64. The van der Waals surface area contributed by atoms with E-state index in [9.17, 15) is 4.39 Å². The number of hydrogen-bond donors (Lipinski definition) is 1. The number of alkyl halides is 1. The molecule has 1 aliphatic carbocycles. The largest absolute Gasteiger partial charge is 0.342 e. The highest BCUT2D eigenvalue weighted by Gasteiger charge is 2.48. The smallest absolute Gasteiger partial charge is 0.186 e. The highest BCUT2D eigenvalue weighted by molar-refractivity contribution is 7.15. The Hall–Kier alpha value is -0.720. The van der Waals surface area contributed by atoms with Crippen LogP contribution in [0.3, 0.4) is 0 Å². The Kier molecular flexibility index (Phi) is 2.85. The fourth-order valence-corrected chi connectivity index (χ4v) is 4.95. The van der Waals surface area contributed by atoms with Crippen molar-refractivity contribution in [1.82, 2.24) is 9.88 Å². The molecular weight excluding hydrogens is 275 g/mol. The average Bonchev–Trinajstić information content (AvgIpc) is 2.89. The summed E-state index contributed by atoms with van der Waals surface area (Å²) in [6.45, 7) is 3.26. The van der Waals surface area contributed by atoms with Gasteiger partial charge in [-0.1, -0.05) is 11.3 Å². The van der Waals surface area contributed by atoms with Gasteiger partial charge in [0, 0.05) is 10.9 Å². The predicted octanol–water partition coefficient (Wildman–Crippen LogP) is 1.57. The number of hydrogen-bond acceptors (Lipinski definition) is 5. The molecule has 1 aromatic heterocycles. The first-order chi connectivity index (χ1) is 9.57. The van der Waals surface area contributed by atoms with Gasteiger partial charge in [-0.3, -0.25) is 0 Å². The molecule has 0 bridgehead atoms. The van der Waals surface area contributed by atoms with Gasteiger partial charge >= 0.3 is 0 Å². The highest BCUT2D eigenvalue weighted by atomic mass is 32.1. The van der Waals surface area contributed by atoms with E-state index in [1.165, 1.54) is 23.4 Å². The summed E-state index contributed by atoms with van der Waals surface area (Å²) in [5.74, 6) is 0. The monoisotopic (exact) mass is 296 g/mol. The van der Waals surface area contributed by atoms with Gasteiger partial charge < -0.3 is 15.5 Å². The maximum absolute atomic E-state index is 13.0. The fraction of sp³-hybridized carbons (Fsp3) is 0.786. The highest BCUT2D eigenvalue weighted by Crippen LogP contribution is 2.53. The topological polar surface area (TPSA) is 45.4 Å². The second-order valence-electron chi connectivity index (χ2n) is 6.63. The number of halogens is 1. The Bertz CT molecular complexity index is 517. The van der Waals surface area contributed by atoms with Crippen molar-refractivity contribution in [2.24, 2.45) is 11.1 Å². The SMILES string of the molecule is CN1CCC2(CC1)Cc1nc(N3CC(F)C3)sc1[C@H]2N. The van der Waals surface area contributed by atoms with Crippen molar-refractivity contribution in [3.63, 3.8) is 0 Å². The van der Waals surface area contributed by atoms with Crippen molar-refractivity contribution >= 4 is 16.5 Å². The fourth-order valence-electron chi connectivity index (χ4n) is 3.71. The molecule has 0 radical (unpaired) electrons. The van der Waals surface area contributed by atoms with E-state index in [-0.39, 0.29) is 11.5 Å². The summed E-state index contributed by atoms with van der Waals surface area (Å²) >= 11 is 1.69. The van der Waals surface area contributed by atoms with Crippen molar-refractivity contribution in [2.45, 2.75) is 31.5 Å². The average molecular weight is 296 g/mol. The summed E-state index contributed by atoms with van der Waals surface area (Å²) in [7, 11) is 2.18. The number of aromatic nitrogens is 1. The predicted molar refractivity (Wildman–Crippen MR) is 79.0 cm³/mol. The Morgan fingerprint density at radius 2 is 2.05 bits per heavy atom. The first-order valence-corrected chi connectivity index (χ1v) is 8.22. The van der Waals surface area contributed by atoms with E-state index < -0.39 is 6.17 Å². The molecule has 2 fully saturated rings. The van der Waals surface area contributed by atoms with E-state index in [1.807, 2.05) is 4.90 Å². The minimum absolute atomic E-state index is 0.125. The number of piperidine rings is 1. The lowest BCUT2D eigenvalue weighted by Gasteiger charge is -2.41. The Morgan fingerprint density at radius 3 is 2.65 bits per heavy atom. The molecule has 0 unspecified atom stereocenters. The van der Waals surface area contributed by atoms with Gasteiger partial charge in [0.2, 0.25) is 0 Å². The van der Waals surface area contributed by atoms with Crippen molar-refractivity contribution < 1.29 is 4.39 Å². The number of anilines is 1. The van der Waals surface area contributed by atoms with E-state index in [1.54, 1.807) is 11.3 Å². The zero-order valence-corrected chi connectivity index (χ0v) is 12.6. The molecule has 4 nitrogen and oxygen atoms in total. The molecule has 2 aliphatic heterocycles. The summed E-state index contributed by atoms with van der Waals surface area (Å²) < 4.78 is 13.0. The summed E-state index contributed by atoms with van der Waals surface area (Å²) in [6.07, 6.45) is 2.67. The summed E-state index contributed by atoms with van der Waals surface area (Å²) in [5, 5.41) is 0.974. The van der Waals surface area contributed by atoms with Crippen LogP contribution >= 0.6 is 11.3 Å². The van der Waals surface area contributed by atoms with Crippen LogP contribution in [0.4, 0.5) is 9.52 Å². The molecule has 0 aromatic carbocycles. The molecule has 1 atom stereocenters. The van der Waals surface area contributed by atoms with E-state index in [2.05, 4.69) is 11.9 Å². The Balaban J connectivity index is 1.55. The van der Waals surface area contributed by atoms with Gasteiger partial charge in [-0.2, -0.15) is 0 Å². The molecular formula is C14H21FN4S. The number of fused-ring (bicyclic) bond motifs is 1. The third-order valence-electron chi connectivity index (χ3n) is 5.27. The quantitative estimate of drug-likeness (QED) is 0.854. The van der Waals surface area contributed by atoms with E-state index >= 15 is 0 Å². The van der Waals surface area contributed by atoms with Gasteiger partial charge in [0.05, 0.1) is 18.8 Å². The molecule has 3 aliphatic rings. The van der Waals surface area contributed by atoms with Crippen LogP contribution in [-0.4, -0.2) is 49.3 Å².